The van der Waals surface area contributed by atoms with Crippen molar-refractivity contribution in [1.82, 2.24) is 29.9 Å². The predicted molar refractivity (Wildman–Crippen MR) is 147 cm³/mol. The summed E-state index contributed by atoms with van der Waals surface area (Å²) in [6, 6.07) is 15.6. The Kier molecular flexibility index (Phi) is 6.43. The lowest BCUT2D eigenvalue weighted by Crippen LogP contribution is -2.39. The van der Waals surface area contributed by atoms with Crippen molar-refractivity contribution in [1.29, 1.82) is 0 Å². The number of hydrogen-bond donors (Lipinski definition) is 1. The van der Waals surface area contributed by atoms with Crippen molar-refractivity contribution in [3.05, 3.63) is 99.2 Å². The van der Waals surface area contributed by atoms with Crippen molar-refractivity contribution in [3.8, 4) is 11.6 Å². The van der Waals surface area contributed by atoms with Gasteiger partial charge in [-0.25, -0.2) is 9.49 Å². The zero-order valence-corrected chi connectivity index (χ0v) is 22.2. The molecule has 2 aliphatic heterocycles. The summed E-state index contributed by atoms with van der Waals surface area (Å²) in [5.41, 5.74) is 1.06. The number of hydrogen-bond acceptors (Lipinski definition) is 7. The molecule has 1 N–H and O–H groups in total. The zero-order valence-electron chi connectivity index (χ0n) is 22.2. The summed E-state index contributed by atoms with van der Waals surface area (Å²) in [5.74, 6) is 2.13. The summed E-state index contributed by atoms with van der Waals surface area (Å²) in [6.07, 6.45) is 2.18. The Morgan fingerprint density at radius 2 is 1.85 bits per heavy atom. The second-order valence-electron chi connectivity index (χ2n) is 10.4. The quantitative estimate of drug-likeness (QED) is 0.348. The normalized spacial score (nSPS) is 15.8. The number of halogens is 1. The van der Waals surface area contributed by atoms with Gasteiger partial charge in [0.2, 0.25) is 0 Å². The molecule has 7 rings (SSSR count). The number of fused-ring (bicyclic) bond motifs is 2. The van der Waals surface area contributed by atoms with E-state index in [2.05, 4.69) is 20.4 Å². The van der Waals surface area contributed by atoms with Crippen LogP contribution < -0.4 is 5.56 Å². The molecule has 2 aliphatic rings. The van der Waals surface area contributed by atoms with Crippen LogP contribution in [-0.2, 0) is 24.2 Å². The fourth-order valence-electron chi connectivity index (χ4n) is 5.70. The van der Waals surface area contributed by atoms with E-state index in [1.807, 2.05) is 28.8 Å². The van der Waals surface area contributed by atoms with Gasteiger partial charge in [0.15, 0.2) is 17.4 Å². The van der Waals surface area contributed by atoms with Crippen molar-refractivity contribution in [2.24, 2.45) is 0 Å². The number of aromatic nitrogens is 5. The third-order valence-electron chi connectivity index (χ3n) is 7.92. The number of nitrogens with one attached hydrogen (secondary N) is 1. The van der Waals surface area contributed by atoms with Crippen LogP contribution in [0.15, 0.2) is 63.8 Å². The van der Waals surface area contributed by atoms with Gasteiger partial charge in [-0.2, -0.15) is 5.10 Å². The minimum absolute atomic E-state index is 0.0171. The van der Waals surface area contributed by atoms with Crippen LogP contribution in [0.25, 0.3) is 22.4 Å². The van der Waals surface area contributed by atoms with Gasteiger partial charge < -0.3 is 18.6 Å². The molecule has 10 nitrogen and oxygen atoms in total. The standard InChI is InChI=1S/C30H27FN6O4/c31-23-6-5-18(16-24-20-3-1-2-4-21(20)29(38)35-32-24)15-22(23)30(39)36-11-12-37-27(17-36)33-34-28(37)26-8-7-25(41-26)19-9-13-40-14-10-19/h1-8,15,19H,9-14,16-17H2,(H,35,38). The molecule has 5 heterocycles. The molecule has 0 bridgehead atoms. The first kappa shape index (κ1) is 25.3. The Morgan fingerprint density at radius 1 is 1.02 bits per heavy atom. The molecule has 1 saturated heterocycles. The van der Waals surface area contributed by atoms with E-state index in [9.17, 15) is 14.0 Å². The van der Waals surface area contributed by atoms with Crippen LogP contribution in [0.3, 0.4) is 0 Å². The van der Waals surface area contributed by atoms with Crippen LogP contribution >= 0.6 is 0 Å². The molecular weight excluding hydrogens is 527 g/mol. The Labute approximate surface area is 233 Å². The number of furan rings is 1. The second-order valence-corrected chi connectivity index (χ2v) is 10.4. The second kappa shape index (κ2) is 10.4. The maximum Gasteiger partial charge on any atom is 0.272 e. The van der Waals surface area contributed by atoms with Crippen LogP contribution in [0.4, 0.5) is 4.39 Å². The van der Waals surface area contributed by atoms with E-state index >= 15 is 0 Å². The minimum atomic E-state index is -0.595. The van der Waals surface area contributed by atoms with Crippen molar-refractivity contribution in [2.45, 2.75) is 38.3 Å². The van der Waals surface area contributed by atoms with Gasteiger partial charge in [0.25, 0.3) is 11.5 Å². The molecule has 5 aromatic rings. The van der Waals surface area contributed by atoms with E-state index in [0.29, 0.717) is 59.5 Å². The molecule has 3 aromatic heterocycles. The molecule has 11 heteroatoms. The van der Waals surface area contributed by atoms with Gasteiger partial charge >= 0.3 is 0 Å². The third-order valence-corrected chi connectivity index (χ3v) is 7.92. The van der Waals surface area contributed by atoms with Crippen LogP contribution in [-0.4, -0.2) is 55.5 Å². The molecule has 1 amide bonds. The first-order chi connectivity index (χ1) is 20.0. The monoisotopic (exact) mass is 554 g/mol. The largest absolute Gasteiger partial charge is 0.457 e. The first-order valence-electron chi connectivity index (χ1n) is 13.7. The summed E-state index contributed by atoms with van der Waals surface area (Å²) >= 11 is 0. The summed E-state index contributed by atoms with van der Waals surface area (Å²) in [5, 5.41) is 16.7. The van der Waals surface area contributed by atoms with Crippen LogP contribution in [0.1, 0.15) is 52.0 Å². The van der Waals surface area contributed by atoms with Gasteiger partial charge in [0.1, 0.15) is 11.6 Å². The fourth-order valence-corrected chi connectivity index (χ4v) is 5.70. The highest BCUT2D eigenvalue weighted by molar-refractivity contribution is 5.94. The number of benzene rings is 2. The molecular formula is C30H27FN6O4. The van der Waals surface area contributed by atoms with E-state index in [1.165, 1.54) is 6.07 Å². The molecule has 41 heavy (non-hydrogen) atoms. The molecule has 0 unspecified atom stereocenters. The highest BCUT2D eigenvalue weighted by atomic mass is 19.1. The highest BCUT2D eigenvalue weighted by Crippen LogP contribution is 2.32. The molecule has 0 aliphatic carbocycles. The van der Waals surface area contributed by atoms with Crippen LogP contribution in [0.5, 0.6) is 0 Å². The topological polar surface area (TPSA) is 119 Å². The third kappa shape index (κ3) is 4.71. The average Bonchev–Trinajstić information content (AvgIpc) is 3.67. The predicted octanol–water partition coefficient (Wildman–Crippen LogP) is 4.05. The number of carbonyl (C=O) groups is 1. The van der Waals surface area contributed by atoms with Gasteiger partial charge in [0, 0.05) is 44.0 Å². The SMILES string of the molecule is O=C(c1cc(Cc2n[nH]c(=O)c3ccccc23)ccc1F)N1CCn2c(nnc2-c2ccc(C3CCOCC3)o2)C1. The van der Waals surface area contributed by atoms with E-state index in [1.54, 1.807) is 29.2 Å². The van der Waals surface area contributed by atoms with E-state index < -0.39 is 11.7 Å². The molecule has 2 aromatic carbocycles. The number of amides is 1. The maximum atomic E-state index is 14.9. The summed E-state index contributed by atoms with van der Waals surface area (Å²) in [4.78, 5) is 27.2. The maximum absolute atomic E-state index is 14.9. The van der Waals surface area contributed by atoms with Crippen LogP contribution in [0, 0.1) is 5.82 Å². The van der Waals surface area contributed by atoms with Gasteiger partial charge in [-0.1, -0.05) is 24.3 Å². The molecule has 0 spiro atoms. The van der Waals surface area contributed by atoms with E-state index in [4.69, 9.17) is 9.15 Å². The average molecular weight is 555 g/mol. The Morgan fingerprint density at radius 3 is 2.71 bits per heavy atom. The number of rotatable bonds is 5. The summed E-state index contributed by atoms with van der Waals surface area (Å²) in [6.45, 7) is 2.51. The van der Waals surface area contributed by atoms with Gasteiger partial charge in [-0.15, -0.1) is 10.2 Å². The van der Waals surface area contributed by atoms with Crippen molar-refractivity contribution < 1.29 is 18.3 Å². The van der Waals surface area contributed by atoms with Crippen molar-refractivity contribution in [2.75, 3.05) is 19.8 Å². The molecule has 0 radical (unpaired) electrons. The minimum Gasteiger partial charge on any atom is -0.457 e. The van der Waals surface area contributed by atoms with Gasteiger partial charge in [-0.05, 0) is 48.7 Å². The van der Waals surface area contributed by atoms with E-state index in [-0.39, 0.29) is 17.7 Å². The summed E-state index contributed by atoms with van der Waals surface area (Å²) in [7, 11) is 0. The summed E-state index contributed by atoms with van der Waals surface area (Å²) < 4.78 is 28.5. The fraction of sp³-hybridized carbons (Fsp3) is 0.300. The first-order valence-corrected chi connectivity index (χ1v) is 13.7. The number of ether oxygens (including phenoxy) is 1. The zero-order chi connectivity index (χ0) is 27.9. The highest BCUT2D eigenvalue weighted by Gasteiger charge is 2.29. The lowest BCUT2D eigenvalue weighted by atomic mass is 9.98. The Bertz CT molecular complexity index is 1820. The van der Waals surface area contributed by atoms with Crippen molar-refractivity contribution in [3.63, 3.8) is 0 Å². The van der Waals surface area contributed by atoms with Gasteiger partial charge in [0.05, 0.1) is 23.2 Å². The smallest absolute Gasteiger partial charge is 0.272 e. The number of H-pyrrole nitrogens is 1. The molecule has 0 atom stereocenters. The Hall–Kier alpha value is -4.64. The van der Waals surface area contributed by atoms with Crippen LogP contribution in [0.2, 0.25) is 0 Å². The lowest BCUT2D eigenvalue weighted by Gasteiger charge is -2.28. The van der Waals surface area contributed by atoms with E-state index in [0.717, 1.165) is 37.2 Å². The Balaban J connectivity index is 1.10. The number of nitrogens with zero attached hydrogens (tertiary/aromatic N) is 5. The number of aromatic amines is 1. The molecule has 208 valence electrons. The molecule has 0 saturated carbocycles. The van der Waals surface area contributed by atoms with Gasteiger partial charge in [-0.3, -0.25) is 9.59 Å². The molecule has 1 fully saturated rings. The lowest BCUT2D eigenvalue weighted by molar-refractivity contribution is 0.0702. The number of carbonyl (C=O) groups excluding carboxylic acids is 1. The van der Waals surface area contributed by atoms with Crippen molar-refractivity contribution >= 4 is 16.7 Å².